The summed E-state index contributed by atoms with van der Waals surface area (Å²) in [5, 5.41) is 0. The third-order valence-electron chi connectivity index (χ3n) is 1.65. The second-order valence-electron chi connectivity index (χ2n) is 2.42. The van der Waals surface area contributed by atoms with E-state index in [1.165, 1.54) is 0 Å². The number of hydrogen-bond acceptors (Lipinski definition) is 1. The molecule has 1 heteroatoms. The molecule has 62 valence electrons. The Kier molecular flexibility index (Phi) is 5.44. The molecule has 0 aromatic heterocycles. The predicted molar refractivity (Wildman–Crippen MR) is 48.5 cm³/mol. The van der Waals surface area contributed by atoms with Crippen LogP contribution in [0.1, 0.15) is 33.1 Å². The summed E-state index contributed by atoms with van der Waals surface area (Å²) in [5.41, 5.74) is 0.937. The third kappa shape index (κ3) is 3.76. The van der Waals surface area contributed by atoms with Gasteiger partial charge in [-0.25, -0.2) is 0 Å². The lowest BCUT2D eigenvalue weighted by Crippen LogP contribution is -1.99. The minimum absolute atomic E-state index is 0.259. The molecule has 0 amide bonds. The summed E-state index contributed by atoms with van der Waals surface area (Å²) in [6.07, 6.45) is 6.08. The molecule has 0 fully saturated rings. The van der Waals surface area contributed by atoms with Crippen molar-refractivity contribution in [2.45, 2.75) is 33.1 Å². The smallest absolute Gasteiger partial charge is 0.158 e. The number of allylic oxidation sites excluding steroid dienone is 3. The van der Waals surface area contributed by atoms with Crippen molar-refractivity contribution in [1.29, 1.82) is 0 Å². The maximum absolute atomic E-state index is 11.1. The molecule has 0 aliphatic rings. The third-order valence-corrected chi connectivity index (χ3v) is 1.65. The van der Waals surface area contributed by atoms with E-state index in [1.807, 2.05) is 26.0 Å². The van der Waals surface area contributed by atoms with Crippen LogP contribution < -0.4 is 0 Å². The lowest BCUT2D eigenvalue weighted by atomic mass is 10.0. The molecule has 1 nitrogen and oxygen atoms in total. The number of Topliss-reactive ketones (excluding diaryl/α,β-unsaturated/α-hetero) is 1. The van der Waals surface area contributed by atoms with Gasteiger partial charge in [0.15, 0.2) is 5.78 Å². The van der Waals surface area contributed by atoms with Crippen LogP contribution in [0.3, 0.4) is 0 Å². The molecule has 0 radical (unpaired) electrons. The van der Waals surface area contributed by atoms with Crippen LogP contribution in [0.15, 0.2) is 24.3 Å². The zero-order valence-corrected chi connectivity index (χ0v) is 7.39. The van der Waals surface area contributed by atoms with Gasteiger partial charge in [-0.15, -0.1) is 6.58 Å². The molecule has 0 aliphatic heterocycles. The van der Waals surface area contributed by atoms with Crippen molar-refractivity contribution in [1.82, 2.24) is 0 Å². The quantitative estimate of drug-likeness (QED) is 0.437. The standard InChI is InChI=1S/C10H16O/c1-4-7-8-9(5-2)10(11)6-3/h4-5H,1,6-8H2,2-3H3/b9-5+. The Labute approximate surface area is 68.8 Å². The Hall–Kier alpha value is -0.850. The van der Waals surface area contributed by atoms with Gasteiger partial charge in [0.1, 0.15) is 0 Å². The summed E-state index contributed by atoms with van der Waals surface area (Å²) in [4.78, 5) is 11.1. The number of ketones is 1. The van der Waals surface area contributed by atoms with E-state index in [-0.39, 0.29) is 5.78 Å². The molecule has 0 rings (SSSR count). The highest BCUT2D eigenvalue weighted by Gasteiger charge is 2.03. The first-order valence-corrected chi connectivity index (χ1v) is 4.05. The topological polar surface area (TPSA) is 17.1 Å². The summed E-state index contributed by atoms with van der Waals surface area (Å²) in [5.74, 6) is 0.259. The van der Waals surface area contributed by atoms with Gasteiger partial charge in [-0.1, -0.05) is 19.1 Å². The summed E-state index contributed by atoms with van der Waals surface area (Å²) in [7, 11) is 0. The second-order valence-corrected chi connectivity index (χ2v) is 2.42. The van der Waals surface area contributed by atoms with Crippen LogP contribution in [0.2, 0.25) is 0 Å². The molecule has 0 heterocycles. The Bertz CT molecular complexity index is 166. The Morgan fingerprint density at radius 2 is 2.18 bits per heavy atom. The van der Waals surface area contributed by atoms with Gasteiger partial charge in [0.05, 0.1) is 0 Å². The molecule has 0 saturated carbocycles. The lowest BCUT2D eigenvalue weighted by molar-refractivity contribution is -0.115. The summed E-state index contributed by atoms with van der Waals surface area (Å²) in [6.45, 7) is 7.41. The molecule has 0 aromatic carbocycles. The lowest BCUT2D eigenvalue weighted by Gasteiger charge is -2.00. The second kappa shape index (κ2) is 5.90. The van der Waals surface area contributed by atoms with Crippen LogP contribution in [0, 0.1) is 0 Å². The molecule has 0 aromatic rings. The van der Waals surface area contributed by atoms with Crippen molar-refractivity contribution in [3.8, 4) is 0 Å². The maximum Gasteiger partial charge on any atom is 0.158 e. The molecule has 0 atom stereocenters. The SMILES string of the molecule is C=CCC/C(=C\C)C(=O)CC. The van der Waals surface area contributed by atoms with Crippen LogP contribution in [-0.4, -0.2) is 5.78 Å². The number of carbonyl (C=O) groups excluding carboxylic acids is 1. The molecule has 0 unspecified atom stereocenters. The van der Waals surface area contributed by atoms with Gasteiger partial charge in [0, 0.05) is 6.42 Å². The van der Waals surface area contributed by atoms with Gasteiger partial charge in [-0.2, -0.15) is 0 Å². The average molecular weight is 152 g/mol. The Morgan fingerprint density at radius 1 is 1.55 bits per heavy atom. The van der Waals surface area contributed by atoms with Gasteiger partial charge < -0.3 is 0 Å². The molecule has 0 bridgehead atoms. The van der Waals surface area contributed by atoms with E-state index in [2.05, 4.69) is 6.58 Å². The molecular weight excluding hydrogens is 136 g/mol. The summed E-state index contributed by atoms with van der Waals surface area (Å²) >= 11 is 0. The monoisotopic (exact) mass is 152 g/mol. The minimum Gasteiger partial charge on any atom is -0.295 e. The van der Waals surface area contributed by atoms with Crippen LogP contribution in [0.4, 0.5) is 0 Å². The largest absolute Gasteiger partial charge is 0.295 e. The Morgan fingerprint density at radius 3 is 2.55 bits per heavy atom. The van der Waals surface area contributed by atoms with Gasteiger partial charge in [-0.3, -0.25) is 4.79 Å². The zero-order chi connectivity index (χ0) is 8.69. The maximum atomic E-state index is 11.1. The molecule has 0 aliphatic carbocycles. The van der Waals surface area contributed by atoms with Crippen molar-refractivity contribution >= 4 is 5.78 Å². The van der Waals surface area contributed by atoms with Crippen molar-refractivity contribution in [2.24, 2.45) is 0 Å². The normalized spacial score (nSPS) is 11.3. The zero-order valence-electron chi connectivity index (χ0n) is 7.39. The van der Waals surface area contributed by atoms with Crippen LogP contribution in [0.25, 0.3) is 0 Å². The Balaban J connectivity index is 3.97. The highest BCUT2D eigenvalue weighted by Crippen LogP contribution is 2.08. The van der Waals surface area contributed by atoms with E-state index in [4.69, 9.17) is 0 Å². The molecule has 0 saturated heterocycles. The van der Waals surface area contributed by atoms with Crippen molar-refractivity contribution in [3.05, 3.63) is 24.3 Å². The van der Waals surface area contributed by atoms with E-state index in [0.29, 0.717) is 6.42 Å². The van der Waals surface area contributed by atoms with Crippen molar-refractivity contribution in [3.63, 3.8) is 0 Å². The fourth-order valence-corrected chi connectivity index (χ4v) is 0.929. The summed E-state index contributed by atoms with van der Waals surface area (Å²) < 4.78 is 0. The van der Waals surface area contributed by atoms with E-state index >= 15 is 0 Å². The predicted octanol–water partition coefficient (Wildman–Crippen LogP) is 2.88. The highest BCUT2D eigenvalue weighted by atomic mass is 16.1. The number of rotatable bonds is 5. The van der Waals surface area contributed by atoms with Gasteiger partial charge in [0.25, 0.3) is 0 Å². The fourth-order valence-electron chi connectivity index (χ4n) is 0.929. The summed E-state index contributed by atoms with van der Waals surface area (Å²) in [6, 6.07) is 0. The van der Waals surface area contributed by atoms with Crippen molar-refractivity contribution in [2.75, 3.05) is 0 Å². The molecule has 0 spiro atoms. The van der Waals surface area contributed by atoms with Crippen LogP contribution in [-0.2, 0) is 4.79 Å². The van der Waals surface area contributed by atoms with Crippen molar-refractivity contribution < 1.29 is 4.79 Å². The first-order valence-electron chi connectivity index (χ1n) is 4.05. The minimum atomic E-state index is 0.259. The highest BCUT2D eigenvalue weighted by molar-refractivity contribution is 5.94. The van der Waals surface area contributed by atoms with Crippen LogP contribution >= 0.6 is 0 Å². The van der Waals surface area contributed by atoms with Gasteiger partial charge in [0.2, 0.25) is 0 Å². The van der Waals surface area contributed by atoms with Gasteiger partial charge >= 0.3 is 0 Å². The number of hydrogen-bond donors (Lipinski definition) is 0. The van der Waals surface area contributed by atoms with E-state index in [9.17, 15) is 4.79 Å². The van der Waals surface area contributed by atoms with E-state index in [1.54, 1.807) is 0 Å². The molecule has 0 N–H and O–H groups in total. The average Bonchev–Trinajstić information content (AvgIpc) is 2.05. The van der Waals surface area contributed by atoms with E-state index < -0.39 is 0 Å². The number of carbonyl (C=O) groups is 1. The fraction of sp³-hybridized carbons (Fsp3) is 0.500. The van der Waals surface area contributed by atoms with E-state index in [0.717, 1.165) is 18.4 Å². The molecular formula is C10H16O. The van der Waals surface area contributed by atoms with Gasteiger partial charge in [-0.05, 0) is 25.3 Å². The molecule has 11 heavy (non-hydrogen) atoms. The van der Waals surface area contributed by atoms with Crippen LogP contribution in [0.5, 0.6) is 0 Å². The first kappa shape index (κ1) is 10.2. The first-order chi connectivity index (χ1) is 5.26.